The van der Waals surface area contributed by atoms with Gasteiger partial charge in [0.25, 0.3) is 0 Å². The van der Waals surface area contributed by atoms with Crippen LogP contribution in [0.5, 0.6) is 5.75 Å². The van der Waals surface area contributed by atoms with Gasteiger partial charge in [-0.3, -0.25) is 0 Å². The molecule has 0 bridgehead atoms. The minimum Gasteiger partial charge on any atom is -0.496 e. The van der Waals surface area contributed by atoms with Gasteiger partial charge in [0.05, 0.1) is 7.11 Å². The second kappa shape index (κ2) is 5.75. The highest BCUT2D eigenvalue weighted by Crippen LogP contribution is 2.25. The lowest BCUT2D eigenvalue weighted by atomic mass is 10.1. The zero-order valence-corrected chi connectivity index (χ0v) is 11.8. The van der Waals surface area contributed by atoms with E-state index >= 15 is 0 Å². The molecule has 0 amide bonds. The Hall–Kier alpha value is -2.01. The van der Waals surface area contributed by atoms with Crippen LogP contribution in [0, 0.1) is 0 Å². The maximum Gasteiger partial charge on any atom is 0.339 e. The quantitative estimate of drug-likeness (QED) is 0.896. The number of benzene rings is 2. The van der Waals surface area contributed by atoms with E-state index < -0.39 is 5.97 Å². The highest BCUT2D eigenvalue weighted by atomic mass is 79.9. The van der Waals surface area contributed by atoms with Gasteiger partial charge in [-0.2, -0.15) is 0 Å². The molecule has 2 aromatic rings. The molecule has 0 heterocycles. The number of rotatable bonds is 4. The Morgan fingerprint density at radius 3 is 2.37 bits per heavy atom. The van der Waals surface area contributed by atoms with Crippen LogP contribution < -0.4 is 10.1 Å². The fourth-order valence-electron chi connectivity index (χ4n) is 1.65. The predicted molar refractivity (Wildman–Crippen MR) is 77.4 cm³/mol. The molecule has 2 N–H and O–H groups in total. The predicted octanol–water partition coefficient (Wildman–Crippen LogP) is 3.90. The van der Waals surface area contributed by atoms with Crippen molar-refractivity contribution in [3.05, 3.63) is 52.5 Å². The third kappa shape index (κ3) is 3.26. The van der Waals surface area contributed by atoms with Gasteiger partial charge in [0, 0.05) is 15.8 Å². The molecule has 0 fully saturated rings. The number of aromatic carboxylic acids is 1. The lowest BCUT2D eigenvalue weighted by Gasteiger charge is -2.10. The molecule has 4 nitrogen and oxygen atoms in total. The van der Waals surface area contributed by atoms with Crippen LogP contribution in [0.25, 0.3) is 0 Å². The number of ether oxygens (including phenoxy) is 1. The lowest BCUT2D eigenvalue weighted by Crippen LogP contribution is -2.01. The Balaban J connectivity index is 2.28. The van der Waals surface area contributed by atoms with Crippen molar-refractivity contribution in [2.75, 3.05) is 12.4 Å². The second-order valence-corrected chi connectivity index (χ2v) is 4.77. The number of carboxylic acid groups (broad SMARTS) is 1. The van der Waals surface area contributed by atoms with Crippen molar-refractivity contribution in [2.24, 2.45) is 0 Å². The molecule has 0 aliphatic carbocycles. The van der Waals surface area contributed by atoms with E-state index in [9.17, 15) is 4.79 Å². The molecule has 0 saturated carbocycles. The summed E-state index contributed by atoms with van der Waals surface area (Å²) in [5.74, 6) is -0.676. The van der Waals surface area contributed by atoms with Gasteiger partial charge in [-0.1, -0.05) is 15.9 Å². The molecule has 0 radical (unpaired) electrons. The topological polar surface area (TPSA) is 58.6 Å². The van der Waals surface area contributed by atoms with Gasteiger partial charge >= 0.3 is 5.97 Å². The van der Waals surface area contributed by atoms with Crippen LogP contribution in [-0.2, 0) is 0 Å². The summed E-state index contributed by atoms with van der Waals surface area (Å²) < 4.78 is 6.00. The van der Waals surface area contributed by atoms with Crippen molar-refractivity contribution in [1.82, 2.24) is 0 Å². The average molecular weight is 322 g/mol. The second-order valence-electron chi connectivity index (χ2n) is 3.85. The van der Waals surface area contributed by atoms with Crippen molar-refractivity contribution < 1.29 is 14.6 Å². The van der Waals surface area contributed by atoms with Gasteiger partial charge in [0.15, 0.2) is 0 Å². The summed E-state index contributed by atoms with van der Waals surface area (Å²) in [5.41, 5.74) is 1.70. The first-order valence-corrected chi connectivity index (χ1v) is 6.33. The summed E-state index contributed by atoms with van der Waals surface area (Å²) in [6, 6.07) is 12.6. The van der Waals surface area contributed by atoms with Gasteiger partial charge < -0.3 is 15.2 Å². The summed E-state index contributed by atoms with van der Waals surface area (Å²) in [7, 11) is 1.45. The normalized spacial score (nSPS) is 10.0. The fourth-order valence-corrected chi connectivity index (χ4v) is 1.92. The molecule has 0 aliphatic heterocycles. The van der Waals surface area contributed by atoms with E-state index in [0.717, 1.165) is 10.2 Å². The highest BCUT2D eigenvalue weighted by molar-refractivity contribution is 9.10. The number of carbonyl (C=O) groups is 1. The molecule has 0 aliphatic rings. The monoisotopic (exact) mass is 321 g/mol. The number of carboxylic acids is 1. The number of anilines is 2. The summed E-state index contributed by atoms with van der Waals surface area (Å²) in [4.78, 5) is 11.1. The van der Waals surface area contributed by atoms with Crippen molar-refractivity contribution in [3.8, 4) is 5.75 Å². The molecular formula is C14H12BrNO3. The molecule has 2 rings (SSSR count). The molecule has 19 heavy (non-hydrogen) atoms. The number of methoxy groups -OCH3 is 1. The van der Waals surface area contributed by atoms with E-state index in [2.05, 4.69) is 21.2 Å². The van der Waals surface area contributed by atoms with E-state index in [1.807, 2.05) is 24.3 Å². The standard InChI is InChI=1S/C14H12BrNO3/c1-19-13-7-6-11(8-12(13)14(17)18)16-10-4-2-9(15)3-5-10/h2-8,16H,1H3,(H,17,18). The van der Waals surface area contributed by atoms with Crippen LogP contribution in [0.3, 0.4) is 0 Å². The SMILES string of the molecule is COc1ccc(Nc2ccc(Br)cc2)cc1C(=O)O. The average Bonchev–Trinajstić information content (AvgIpc) is 2.41. The van der Waals surface area contributed by atoms with Crippen LogP contribution in [0.1, 0.15) is 10.4 Å². The minimum atomic E-state index is -1.02. The summed E-state index contributed by atoms with van der Waals surface area (Å²) in [5, 5.41) is 12.2. The van der Waals surface area contributed by atoms with Gasteiger partial charge in [-0.25, -0.2) is 4.79 Å². The van der Waals surface area contributed by atoms with E-state index in [1.54, 1.807) is 18.2 Å². The van der Waals surface area contributed by atoms with Crippen molar-refractivity contribution in [2.45, 2.75) is 0 Å². The van der Waals surface area contributed by atoms with E-state index in [-0.39, 0.29) is 5.56 Å². The molecule has 98 valence electrons. The first kappa shape index (κ1) is 13.4. The van der Waals surface area contributed by atoms with Crippen molar-refractivity contribution in [1.29, 1.82) is 0 Å². The molecule has 0 atom stereocenters. The van der Waals surface area contributed by atoms with Gasteiger partial charge in [0.2, 0.25) is 0 Å². The fraction of sp³-hybridized carbons (Fsp3) is 0.0714. The van der Waals surface area contributed by atoms with Crippen molar-refractivity contribution in [3.63, 3.8) is 0 Å². The molecule has 0 spiro atoms. The van der Waals surface area contributed by atoms with Crippen LogP contribution in [0.2, 0.25) is 0 Å². The maximum atomic E-state index is 11.1. The Morgan fingerprint density at radius 2 is 1.79 bits per heavy atom. The summed E-state index contributed by atoms with van der Waals surface area (Å²) in [6.07, 6.45) is 0. The molecular weight excluding hydrogens is 310 g/mol. The molecule has 0 unspecified atom stereocenters. The minimum absolute atomic E-state index is 0.129. The Morgan fingerprint density at radius 1 is 1.16 bits per heavy atom. The Kier molecular flexibility index (Phi) is 4.06. The zero-order chi connectivity index (χ0) is 13.8. The molecule has 0 saturated heterocycles. The van der Waals surface area contributed by atoms with Gasteiger partial charge in [0.1, 0.15) is 11.3 Å². The van der Waals surface area contributed by atoms with Crippen LogP contribution in [0.15, 0.2) is 46.9 Å². The van der Waals surface area contributed by atoms with E-state index in [1.165, 1.54) is 7.11 Å². The maximum absolute atomic E-state index is 11.1. The number of hydrogen-bond donors (Lipinski definition) is 2. The third-order valence-electron chi connectivity index (χ3n) is 2.56. The van der Waals surface area contributed by atoms with Crippen molar-refractivity contribution >= 4 is 33.3 Å². The van der Waals surface area contributed by atoms with E-state index in [4.69, 9.17) is 9.84 Å². The largest absolute Gasteiger partial charge is 0.496 e. The number of nitrogens with one attached hydrogen (secondary N) is 1. The molecule has 5 heteroatoms. The van der Waals surface area contributed by atoms with Crippen LogP contribution in [0.4, 0.5) is 11.4 Å². The lowest BCUT2D eigenvalue weighted by molar-refractivity contribution is 0.0693. The first-order chi connectivity index (χ1) is 9.10. The van der Waals surface area contributed by atoms with Crippen LogP contribution >= 0.6 is 15.9 Å². The zero-order valence-electron chi connectivity index (χ0n) is 10.2. The molecule has 2 aromatic carbocycles. The van der Waals surface area contributed by atoms with Gasteiger partial charge in [-0.15, -0.1) is 0 Å². The van der Waals surface area contributed by atoms with Crippen LogP contribution in [-0.4, -0.2) is 18.2 Å². The molecule has 0 aromatic heterocycles. The Bertz CT molecular complexity index is 596. The van der Waals surface area contributed by atoms with E-state index in [0.29, 0.717) is 11.4 Å². The smallest absolute Gasteiger partial charge is 0.339 e. The highest BCUT2D eigenvalue weighted by Gasteiger charge is 2.11. The summed E-state index contributed by atoms with van der Waals surface area (Å²) >= 11 is 3.36. The van der Waals surface area contributed by atoms with Gasteiger partial charge in [-0.05, 0) is 42.5 Å². The third-order valence-corrected chi connectivity index (χ3v) is 3.09. The Labute approximate surface area is 119 Å². The first-order valence-electron chi connectivity index (χ1n) is 5.54. The number of halogens is 1. The summed E-state index contributed by atoms with van der Waals surface area (Å²) in [6.45, 7) is 0. The number of hydrogen-bond acceptors (Lipinski definition) is 3.